The zero-order valence-electron chi connectivity index (χ0n) is 9.76. The summed E-state index contributed by atoms with van der Waals surface area (Å²) in [7, 11) is 1.69. The van der Waals surface area contributed by atoms with E-state index in [-0.39, 0.29) is 0 Å². The van der Waals surface area contributed by atoms with Crippen molar-refractivity contribution < 1.29 is 4.74 Å². The number of hydrogen-bond donors (Lipinski definition) is 1. The molecule has 0 atom stereocenters. The average molecular weight is 205 g/mol. The Bertz CT molecular complexity index is 330. The van der Waals surface area contributed by atoms with Gasteiger partial charge in [-0.3, -0.25) is 0 Å². The summed E-state index contributed by atoms with van der Waals surface area (Å²) in [6, 6.07) is 0. The summed E-state index contributed by atoms with van der Waals surface area (Å²) in [6.45, 7) is 8.07. The maximum absolute atomic E-state index is 5.18. The number of hydrogen-bond acceptors (Lipinski definition) is 2. The van der Waals surface area contributed by atoms with Gasteiger partial charge < -0.3 is 10.1 Å². The molecule has 2 heteroatoms. The molecule has 0 aromatic carbocycles. The van der Waals surface area contributed by atoms with Crippen molar-refractivity contribution in [2.24, 2.45) is 0 Å². The topological polar surface area (TPSA) is 21.3 Å². The minimum absolute atomic E-state index is 0.925. The van der Waals surface area contributed by atoms with Crippen LogP contribution in [0.2, 0.25) is 0 Å². The summed E-state index contributed by atoms with van der Waals surface area (Å²) in [5.74, 6) is 0.925. The lowest BCUT2D eigenvalue weighted by molar-refractivity contribution is 0.302. The van der Waals surface area contributed by atoms with E-state index in [2.05, 4.69) is 31.8 Å². The molecule has 1 rings (SSSR count). The van der Waals surface area contributed by atoms with Crippen LogP contribution >= 0.6 is 0 Å². The predicted molar refractivity (Wildman–Crippen MR) is 64.1 cm³/mol. The van der Waals surface area contributed by atoms with Crippen molar-refractivity contribution in [3.8, 4) is 0 Å². The lowest BCUT2D eigenvalue weighted by Crippen LogP contribution is -2.13. The van der Waals surface area contributed by atoms with Gasteiger partial charge >= 0.3 is 0 Å². The molecule has 1 N–H and O–H groups in total. The third-order valence-corrected chi connectivity index (χ3v) is 2.10. The first-order valence-corrected chi connectivity index (χ1v) is 5.17. The number of methoxy groups -OCH3 is 1. The number of rotatable bonds is 4. The normalized spacial score (nSPS) is 14.9. The summed E-state index contributed by atoms with van der Waals surface area (Å²) >= 11 is 0. The molecule has 82 valence electrons. The lowest BCUT2D eigenvalue weighted by Gasteiger charge is -2.15. The Morgan fingerprint density at radius 3 is 2.87 bits per heavy atom. The second-order valence-electron chi connectivity index (χ2n) is 3.89. The molecule has 0 bridgehead atoms. The van der Waals surface area contributed by atoms with Gasteiger partial charge in [0.05, 0.1) is 7.11 Å². The molecule has 0 saturated carbocycles. The monoisotopic (exact) mass is 205 g/mol. The van der Waals surface area contributed by atoms with Gasteiger partial charge in [-0.25, -0.2) is 0 Å². The van der Waals surface area contributed by atoms with Crippen LogP contribution in [0.5, 0.6) is 0 Å². The molecule has 15 heavy (non-hydrogen) atoms. The minimum atomic E-state index is 0.925. The SMILES string of the molecule is C=C(C=C(C)C)NC1=CC(OC)=CCC1. The van der Waals surface area contributed by atoms with Crippen molar-refractivity contribution in [1.29, 1.82) is 0 Å². The standard InChI is InChI=1S/C13H19NO/c1-10(2)8-11(3)14-12-6-5-7-13(9-12)15-4/h7-9,14H,3,5-6H2,1-2,4H3. The van der Waals surface area contributed by atoms with Gasteiger partial charge in [0.15, 0.2) is 0 Å². The molecule has 2 nitrogen and oxygen atoms in total. The molecule has 0 amide bonds. The molecule has 0 radical (unpaired) electrons. The minimum Gasteiger partial charge on any atom is -0.497 e. The van der Waals surface area contributed by atoms with E-state index in [0.717, 1.165) is 30.0 Å². The first-order valence-electron chi connectivity index (χ1n) is 5.17. The van der Waals surface area contributed by atoms with Gasteiger partial charge in [0, 0.05) is 11.4 Å². The van der Waals surface area contributed by atoms with Crippen LogP contribution in [0, 0.1) is 0 Å². The van der Waals surface area contributed by atoms with Gasteiger partial charge in [-0.15, -0.1) is 0 Å². The molecule has 0 aromatic rings. The Balaban J connectivity index is 2.59. The molecule has 1 aliphatic carbocycles. The van der Waals surface area contributed by atoms with E-state index >= 15 is 0 Å². The lowest BCUT2D eigenvalue weighted by atomic mass is 10.1. The van der Waals surface area contributed by atoms with Crippen LogP contribution in [0.3, 0.4) is 0 Å². The third kappa shape index (κ3) is 4.07. The molecule has 0 unspecified atom stereocenters. The molecule has 0 saturated heterocycles. The number of nitrogens with one attached hydrogen (secondary N) is 1. The molecule has 1 aliphatic rings. The molecule has 0 aliphatic heterocycles. The van der Waals surface area contributed by atoms with E-state index in [4.69, 9.17) is 4.74 Å². The van der Waals surface area contributed by atoms with Crippen molar-refractivity contribution in [2.45, 2.75) is 26.7 Å². The summed E-state index contributed by atoms with van der Waals surface area (Å²) in [4.78, 5) is 0. The van der Waals surface area contributed by atoms with Gasteiger partial charge in [-0.2, -0.15) is 0 Å². The molecule has 0 fully saturated rings. The Labute approximate surface area is 92.0 Å². The van der Waals surface area contributed by atoms with Crippen molar-refractivity contribution in [3.63, 3.8) is 0 Å². The highest BCUT2D eigenvalue weighted by atomic mass is 16.5. The Hall–Kier alpha value is -1.44. The van der Waals surface area contributed by atoms with E-state index in [9.17, 15) is 0 Å². The summed E-state index contributed by atoms with van der Waals surface area (Å²) in [6.07, 6.45) is 8.18. The smallest absolute Gasteiger partial charge is 0.116 e. The van der Waals surface area contributed by atoms with Crippen molar-refractivity contribution in [3.05, 3.63) is 47.5 Å². The quantitative estimate of drug-likeness (QED) is 0.711. The van der Waals surface area contributed by atoms with Gasteiger partial charge in [-0.05, 0) is 44.9 Å². The predicted octanol–water partition coefficient (Wildman–Crippen LogP) is 3.26. The first kappa shape index (κ1) is 11.6. The maximum Gasteiger partial charge on any atom is 0.116 e. The molecular formula is C13H19NO. The van der Waals surface area contributed by atoms with E-state index in [1.165, 1.54) is 5.57 Å². The van der Waals surface area contributed by atoms with E-state index in [1.54, 1.807) is 7.11 Å². The maximum atomic E-state index is 5.18. The van der Waals surface area contributed by atoms with Crippen LogP contribution in [0.15, 0.2) is 47.5 Å². The van der Waals surface area contributed by atoms with Crippen LogP contribution in [0.25, 0.3) is 0 Å². The molecule has 0 heterocycles. The largest absolute Gasteiger partial charge is 0.497 e. The highest BCUT2D eigenvalue weighted by molar-refractivity contribution is 5.28. The van der Waals surface area contributed by atoms with E-state index < -0.39 is 0 Å². The highest BCUT2D eigenvalue weighted by Crippen LogP contribution is 2.16. The van der Waals surface area contributed by atoms with Crippen molar-refractivity contribution in [2.75, 3.05) is 7.11 Å². The van der Waals surface area contributed by atoms with Crippen LogP contribution < -0.4 is 5.32 Å². The second kappa shape index (κ2) is 5.44. The molecule has 0 aromatic heterocycles. The Kier molecular flexibility index (Phi) is 4.22. The molecular weight excluding hydrogens is 186 g/mol. The summed E-state index contributed by atoms with van der Waals surface area (Å²) in [5.41, 5.74) is 3.34. The summed E-state index contributed by atoms with van der Waals surface area (Å²) < 4.78 is 5.18. The zero-order valence-corrected chi connectivity index (χ0v) is 9.76. The highest BCUT2D eigenvalue weighted by Gasteiger charge is 2.05. The molecule has 0 spiro atoms. The van der Waals surface area contributed by atoms with Crippen LogP contribution in [0.1, 0.15) is 26.7 Å². The van der Waals surface area contributed by atoms with Crippen LogP contribution in [0.4, 0.5) is 0 Å². The first-order chi connectivity index (χ1) is 7.11. The average Bonchev–Trinajstić information content (AvgIpc) is 2.16. The third-order valence-electron chi connectivity index (χ3n) is 2.10. The van der Waals surface area contributed by atoms with Gasteiger partial charge in [0.1, 0.15) is 5.76 Å². The fraction of sp³-hybridized carbons (Fsp3) is 0.385. The van der Waals surface area contributed by atoms with Gasteiger partial charge in [0.2, 0.25) is 0 Å². The summed E-state index contributed by atoms with van der Waals surface area (Å²) in [5, 5.41) is 3.28. The Morgan fingerprint density at radius 2 is 2.27 bits per heavy atom. The Morgan fingerprint density at radius 1 is 1.53 bits per heavy atom. The number of ether oxygens (including phenoxy) is 1. The van der Waals surface area contributed by atoms with Crippen LogP contribution in [-0.4, -0.2) is 7.11 Å². The fourth-order valence-corrected chi connectivity index (χ4v) is 1.50. The van der Waals surface area contributed by atoms with Crippen LogP contribution in [-0.2, 0) is 4.74 Å². The van der Waals surface area contributed by atoms with Crippen molar-refractivity contribution in [1.82, 2.24) is 5.32 Å². The van der Waals surface area contributed by atoms with Gasteiger partial charge in [-0.1, -0.05) is 12.2 Å². The van der Waals surface area contributed by atoms with Crippen molar-refractivity contribution >= 4 is 0 Å². The second-order valence-corrected chi connectivity index (χ2v) is 3.89. The van der Waals surface area contributed by atoms with E-state index in [1.807, 2.05) is 12.2 Å². The number of allylic oxidation sites excluding steroid dienone is 5. The van der Waals surface area contributed by atoms with Gasteiger partial charge in [0.25, 0.3) is 0 Å². The zero-order chi connectivity index (χ0) is 11.3. The van der Waals surface area contributed by atoms with E-state index in [0.29, 0.717) is 0 Å². The fourth-order valence-electron chi connectivity index (χ4n) is 1.50.